The highest BCUT2D eigenvalue weighted by Gasteiger charge is 2.52. The SMILES string of the molecule is O=C(COC(=O)c1cc(-c2ccc(N3C(=O)C4CC(Br)C(Br)CC4C3=O)cc2)nc2ccc(Br)cc12)c1ccc(Br)cc1. The third kappa shape index (κ3) is 6.01. The minimum atomic E-state index is -0.653. The Morgan fingerprint density at radius 3 is 2.05 bits per heavy atom. The van der Waals surface area contributed by atoms with E-state index in [1.54, 1.807) is 66.7 Å². The van der Waals surface area contributed by atoms with E-state index >= 15 is 0 Å². The van der Waals surface area contributed by atoms with Crippen LogP contribution >= 0.6 is 63.7 Å². The number of alkyl halides is 2. The van der Waals surface area contributed by atoms with Gasteiger partial charge in [-0.25, -0.2) is 9.78 Å². The predicted octanol–water partition coefficient (Wildman–Crippen LogP) is 7.89. The van der Waals surface area contributed by atoms with E-state index in [0.29, 0.717) is 46.3 Å². The van der Waals surface area contributed by atoms with Crippen LogP contribution in [0.2, 0.25) is 0 Å². The molecule has 11 heteroatoms. The van der Waals surface area contributed by atoms with Crippen LogP contribution in [0.25, 0.3) is 22.2 Å². The fraction of sp³-hybridized carbons (Fsp3) is 0.219. The van der Waals surface area contributed by atoms with Gasteiger partial charge < -0.3 is 4.74 Å². The summed E-state index contributed by atoms with van der Waals surface area (Å²) in [5.41, 5.74) is 2.96. The first-order chi connectivity index (χ1) is 20.6. The third-order valence-corrected chi connectivity index (χ3v) is 11.6. The van der Waals surface area contributed by atoms with Crippen molar-refractivity contribution in [2.75, 3.05) is 11.5 Å². The van der Waals surface area contributed by atoms with Gasteiger partial charge in [-0.1, -0.05) is 88.0 Å². The fourth-order valence-electron chi connectivity index (χ4n) is 5.57. The molecule has 6 rings (SSSR count). The van der Waals surface area contributed by atoms with E-state index in [1.165, 1.54) is 4.90 Å². The molecule has 218 valence electrons. The smallest absolute Gasteiger partial charge is 0.339 e. The number of hydrogen-bond acceptors (Lipinski definition) is 6. The summed E-state index contributed by atoms with van der Waals surface area (Å²) in [6.45, 7) is -0.409. The van der Waals surface area contributed by atoms with Crippen LogP contribution in [0.15, 0.2) is 81.7 Å². The van der Waals surface area contributed by atoms with Gasteiger partial charge in [-0.05, 0) is 61.4 Å². The Labute approximate surface area is 280 Å². The van der Waals surface area contributed by atoms with Crippen LogP contribution in [-0.4, -0.2) is 44.8 Å². The van der Waals surface area contributed by atoms with Gasteiger partial charge in [0.1, 0.15) is 0 Å². The standard InChI is InChI=1S/C32H22Br4N2O5/c33-18-5-1-17(2-6-18)29(39)15-43-32(42)24-14-28(37-27-10-7-19(34)11-21(24)27)16-3-8-20(9-4-16)38-30(40)22-12-25(35)26(36)13-23(22)31(38)41/h1-11,14,22-23,25-26H,12-13,15H2. The quantitative estimate of drug-likeness (QED) is 0.0850. The summed E-state index contributed by atoms with van der Waals surface area (Å²) in [5, 5.41) is 0.571. The van der Waals surface area contributed by atoms with Gasteiger partial charge in [-0.2, -0.15) is 0 Å². The largest absolute Gasteiger partial charge is 0.454 e. The topological polar surface area (TPSA) is 93.6 Å². The van der Waals surface area contributed by atoms with Crippen LogP contribution in [0.1, 0.15) is 33.6 Å². The van der Waals surface area contributed by atoms with E-state index in [4.69, 9.17) is 9.72 Å². The lowest BCUT2D eigenvalue weighted by Crippen LogP contribution is -2.34. The molecule has 3 aromatic carbocycles. The van der Waals surface area contributed by atoms with Crippen molar-refractivity contribution in [3.05, 3.63) is 92.9 Å². The van der Waals surface area contributed by atoms with Crippen LogP contribution in [0.5, 0.6) is 0 Å². The minimum Gasteiger partial charge on any atom is -0.454 e. The van der Waals surface area contributed by atoms with Crippen molar-refractivity contribution in [1.29, 1.82) is 0 Å². The first-order valence-corrected chi connectivity index (χ1v) is 16.8. The number of imide groups is 1. The summed E-state index contributed by atoms with van der Waals surface area (Å²) < 4.78 is 7.05. The number of esters is 1. The number of anilines is 1. The molecule has 1 aliphatic heterocycles. The van der Waals surface area contributed by atoms with Crippen molar-refractivity contribution >= 4 is 104 Å². The van der Waals surface area contributed by atoms with Crippen LogP contribution in [-0.2, 0) is 14.3 Å². The Morgan fingerprint density at radius 1 is 0.814 bits per heavy atom. The molecule has 1 saturated carbocycles. The van der Waals surface area contributed by atoms with Gasteiger partial charge in [-0.3, -0.25) is 19.3 Å². The number of Topliss-reactive ketones (excluding diaryl/α,β-unsaturated/α-hetero) is 1. The number of pyridine rings is 1. The second kappa shape index (κ2) is 12.3. The number of carbonyl (C=O) groups is 4. The predicted molar refractivity (Wildman–Crippen MR) is 178 cm³/mol. The molecule has 4 unspecified atom stereocenters. The van der Waals surface area contributed by atoms with Gasteiger partial charge in [0.25, 0.3) is 0 Å². The highest BCUT2D eigenvalue weighted by atomic mass is 79.9. The minimum absolute atomic E-state index is 0.132. The molecule has 1 aromatic heterocycles. The van der Waals surface area contributed by atoms with Crippen molar-refractivity contribution in [1.82, 2.24) is 4.98 Å². The molecule has 2 fully saturated rings. The molecule has 4 aromatic rings. The number of benzene rings is 3. The van der Waals surface area contributed by atoms with Crippen molar-refractivity contribution in [3.63, 3.8) is 0 Å². The average Bonchev–Trinajstić information content (AvgIpc) is 3.24. The van der Waals surface area contributed by atoms with E-state index in [-0.39, 0.29) is 44.7 Å². The van der Waals surface area contributed by atoms with Crippen LogP contribution in [0, 0.1) is 11.8 Å². The molecule has 43 heavy (non-hydrogen) atoms. The van der Waals surface area contributed by atoms with E-state index in [9.17, 15) is 19.2 Å². The number of aromatic nitrogens is 1. The molecule has 1 saturated heterocycles. The maximum absolute atomic E-state index is 13.3. The Morgan fingerprint density at radius 2 is 1.42 bits per heavy atom. The summed E-state index contributed by atoms with van der Waals surface area (Å²) in [4.78, 5) is 58.7. The molecule has 0 spiro atoms. The molecule has 0 bridgehead atoms. The Kier molecular flexibility index (Phi) is 8.70. The monoisotopic (exact) mass is 830 g/mol. The van der Waals surface area contributed by atoms with E-state index in [1.807, 2.05) is 6.07 Å². The first-order valence-electron chi connectivity index (χ1n) is 13.4. The summed E-state index contributed by atoms with van der Waals surface area (Å²) in [6, 6.07) is 20.8. The molecule has 0 N–H and O–H groups in total. The maximum atomic E-state index is 13.3. The highest BCUT2D eigenvalue weighted by molar-refractivity contribution is 9.12. The lowest BCUT2D eigenvalue weighted by molar-refractivity contribution is -0.122. The van der Waals surface area contributed by atoms with Gasteiger partial charge >= 0.3 is 5.97 Å². The Hall–Kier alpha value is -2.73. The maximum Gasteiger partial charge on any atom is 0.339 e. The number of halogens is 4. The summed E-state index contributed by atoms with van der Waals surface area (Å²) in [5.74, 6) is -2.00. The van der Waals surface area contributed by atoms with Gasteiger partial charge in [0.2, 0.25) is 11.8 Å². The molecule has 2 amide bonds. The second-order valence-electron chi connectivity index (χ2n) is 10.5. The third-order valence-electron chi connectivity index (χ3n) is 7.82. The van der Waals surface area contributed by atoms with Crippen LogP contribution < -0.4 is 4.90 Å². The summed E-state index contributed by atoms with van der Waals surface area (Å²) in [6.07, 6.45) is 1.20. The number of amides is 2. The second-order valence-corrected chi connectivity index (χ2v) is 14.7. The van der Waals surface area contributed by atoms with Crippen molar-refractivity contribution in [2.24, 2.45) is 11.8 Å². The lowest BCUT2D eigenvalue weighted by atomic mass is 9.81. The number of ether oxygens (including phenoxy) is 1. The van der Waals surface area contributed by atoms with Crippen molar-refractivity contribution < 1.29 is 23.9 Å². The van der Waals surface area contributed by atoms with E-state index in [0.717, 1.165) is 8.95 Å². The van der Waals surface area contributed by atoms with Crippen molar-refractivity contribution in [2.45, 2.75) is 22.5 Å². The number of rotatable bonds is 6. The first kappa shape index (κ1) is 30.3. The number of carbonyl (C=O) groups excluding carboxylic acids is 4. The van der Waals surface area contributed by atoms with Crippen LogP contribution in [0.3, 0.4) is 0 Å². The zero-order valence-corrected chi connectivity index (χ0v) is 28.7. The molecular weight excluding hydrogens is 812 g/mol. The molecule has 4 atom stereocenters. The Bertz CT molecular complexity index is 1750. The molecule has 0 radical (unpaired) electrons. The van der Waals surface area contributed by atoms with Crippen molar-refractivity contribution in [3.8, 4) is 11.3 Å². The van der Waals surface area contributed by atoms with Gasteiger partial charge in [-0.15, -0.1) is 0 Å². The molecule has 7 nitrogen and oxygen atoms in total. The molecule has 2 heterocycles. The fourth-order valence-corrected chi connectivity index (χ4v) is 7.44. The number of nitrogens with zero attached hydrogens (tertiary/aromatic N) is 2. The lowest BCUT2D eigenvalue weighted by Gasteiger charge is -2.29. The number of fused-ring (bicyclic) bond motifs is 2. The average molecular weight is 834 g/mol. The highest BCUT2D eigenvalue weighted by Crippen LogP contribution is 2.44. The number of hydrogen-bond donors (Lipinski definition) is 0. The zero-order valence-electron chi connectivity index (χ0n) is 22.3. The molecule has 1 aliphatic carbocycles. The zero-order chi connectivity index (χ0) is 30.4. The van der Waals surface area contributed by atoms with Gasteiger partial charge in [0, 0.05) is 35.1 Å². The molecular formula is C32H22Br4N2O5. The van der Waals surface area contributed by atoms with Crippen LogP contribution in [0.4, 0.5) is 5.69 Å². The van der Waals surface area contributed by atoms with E-state index < -0.39 is 12.6 Å². The van der Waals surface area contributed by atoms with Gasteiger partial charge in [0.15, 0.2) is 12.4 Å². The summed E-state index contributed by atoms with van der Waals surface area (Å²) >= 11 is 14.0. The molecule has 2 aliphatic rings. The Balaban J connectivity index is 1.27. The summed E-state index contributed by atoms with van der Waals surface area (Å²) in [7, 11) is 0. The number of ketones is 1. The van der Waals surface area contributed by atoms with Gasteiger partial charge in [0.05, 0.1) is 34.3 Å². The normalized spacial score (nSPS) is 21.6. The van der Waals surface area contributed by atoms with E-state index in [2.05, 4.69) is 63.7 Å².